The SMILES string of the molecule is Cc1cc(S(=O)(=O)NCCc2ncn(C)n2)ccc1C#N. The number of nitrogens with zero attached hydrogens (tertiary/aromatic N) is 4. The van der Waals surface area contributed by atoms with E-state index in [2.05, 4.69) is 14.8 Å². The fraction of sp³-hybridized carbons (Fsp3) is 0.308. The van der Waals surface area contributed by atoms with Crippen LogP contribution in [-0.2, 0) is 23.5 Å². The Morgan fingerprint density at radius 3 is 2.76 bits per heavy atom. The van der Waals surface area contributed by atoms with E-state index in [0.717, 1.165) is 0 Å². The Kier molecular flexibility index (Phi) is 4.35. The van der Waals surface area contributed by atoms with E-state index < -0.39 is 10.0 Å². The maximum absolute atomic E-state index is 12.1. The molecule has 0 aliphatic rings. The van der Waals surface area contributed by atoms with Crippen molar-refractivity contribution in [3.63, 3.8) is 0 Å². The van der Waals surface area contributed by atoms with Gasteiger partial charge in [0.05, 0.1) is 16.5 Å². The second-order valence-corrected chi connectivity index (χ2v) is 6.34. The minimum absolute atomic E-state index is 0.146. The van der Waals surface area contributed by atoms with E-state index in [0.29, 0.717) is 23.4 Å². The lowest BCUT2D eigenvalue weighted by Gasteiger charge is -2.07. The quantitative estimate of drug-likeness (QED) is 0.867. The van der Waals surface area contributed by atoms with E-state index in [1.165, 1.54) is 18.2 Å². The zero-order valence-electron chi connectivity index (χ0n) is 11.7. The number of nitrogens with one attached hydrogen (secondary N) is 1. The average molecular weight is 305 g/mol. The lowest BCUT2D eigenvalue weighted by molar-refractivity contribution is 0.580. The highest BCUT2D eigenvalue weighted by atomic mass is 32.2. The van der Waals surface area contributed by atoms with Crippen LogP contribution in [0.4, 0.5) is 0 Å². The normalized spacial score (nSPS) is 11.3. The van der Waals surface area contributed by atoms with Crippen LogP contribution in [0, 0.1) is 18.3 Å². The molecule has 0 aliphatic heterocycles. The van der Waals surface area contributed by atoms with Crippen LogP contribution in [0.3, 0.4) is 0 Å². The highest BCUT2D eigenvalue weighted by molar-refractivity contribution is 7.89. The molecule has 1 N–H and O–H groups in total. The first kappa shape index (κ1) is 15.2. The van der Waals surface area contributed by atoms with Gasteiger partial charge in [0.15, 0.2) is 5.82 Å². The third-order valence-corrected chi connectivity index (χ3v) is 4.38. The minimum Gasteiger partial charge on any atom is -0.256 e. The first-order valence-electron chi connectivity index (χ1n) is 6.27. The van der Waals surface area contributed by atoms with Gasteiger partial charge < -0.3 is 0 Å². The second-order valence-electron chi connectivity index (χ2n) is 4.57. The molecule has 0 atom stereocenters. The van der Waals surface area contributed by atoms with Gasteiger partial charge in [0.25, 0.3) is 0 Å². The van der Waals surface area contributed by atoms with Crippen LogP contribution in [-0.4, -0.2) is 29.7 Å². The lowest BCUT2D eigenvalue weighted by Crippen LogP contribution is -2.26. The van der Waals surface area contributed by atoms with Gasteiger partial charge in [-0.25, -0.2) is 18.1 Å². The van der Waals surface area contributed by atoms with Crippen LogP contribution >= 0.6 is 0 Å². The monoisotopic (exact) mass is 305 g/mol. The van der Waals surface area contributed by atoms with Gasteiger partial charge in [-0.1, -0.05) is 0 Å². The van der Waals surface area contributed by atoms with Gasteiger partial charge in [-0.2, -0.15) is 10.4 Å². The first-order chi connectivity index (χ1) is 9.92. The molecule has 0 spiro atoms. The summed E-state index contributed by atoms with van der Waals surface area (Å²) in [7, 11) is -1.84. The first-order valence-corrected chi connectivity index (χ1v) is 7.75. The molecule has 1 aromatic carbocycles. The molecule has 8 heteroatoms. The molecule has 110 valence electrons. The predicted octanol–water partition coefficient (Wildman–Crippen LogP) is 0.516. The van der Waals surface area contributed by atoms with Crippen molar-refractivity contribution in [2.45, 2.75) is 18.2 Å². The molecule has 2 rings (SSSR count). The van der Waals surface area contributed by atoms with Gasteiger partial charge in [-0.3, -0.25) is 4.68 Å². The number of nitriles is 1. The zero-order valence-corrected chi connectivity index (χ0v) is 12.6. The van der Waals surface area contributed by atoms with Crippen molar-refractivity contribution in [2.75, 3.05) is 6.54 Å². The van der Waals surface area contributed by atoms with Gasteiger partial charge in [0, 0.05) is 20.0 Å². The Morgan fingerprint density at radius 2 is 2.19 bits per heavy atom. The van der Waals surface area contributed by atoms with Crippen molar-refractivity contribution < 1.29 is 8.42 Å². The van der Waals surface area contributed by atoms with Crippen molar-refractivity contribution in [3.8, 4) is 6.07 Å². The summed E-state index contributed by atoms with van der Waals surface area (Å²) in [6, 6.07) is 6.42. The fourth-order valence-electron chi connectivity index (χ4n) is 1.81. The fourth-order valence-corrected chi connectivity index (χ4v) is 2.92. The predicted molar refractivity (Wildman–Crippen MR) is 75.8 cm³/mol. The van der Waals surface area contributed by atoms with E-state index in [1.54, 1.807) is 25.0 Å². The van der Waals surface area contributed by atoms with Crippen molar-refractivity contribution in [3.05, 3.63) is 41.5 Å². The molecule has 2 aromatic rings. The Balaban J connectivity index is 2.05. The van der Waals surface area contributed by atoms with Crippen molar-refractivity contribution in [2.24, 2.45) is 7.05 Å². The maximum atomic E-state index is 12.1. The number of sulfonamides is 1. The van der Waals surface area contributed by atoms with Crippen LogP contribution in [0.2, 0.25) is 0 Å². The summed E-state index contributed by atoms with van der Waals surface area (Å²) < 4.78 is 28.3. The van der Waals surface area contributed by atoms with E-state index in [4.69, 9.17) is 5.26 Å². The molecule has 1 aromatic heterocycles. The van der Waals surface area contributed by atoms with E-state index in [1.807, 2.05) is 6.07 Å². The molecule has 0 fully saturated rings. The molecule has 0 bridgehead atoms. The molecule has 7 nitrogen and oxygen atoms in total. The van der Waals surface area contributed by atoms with Crippen LogP contribution in [0.15, 0.2) is 29.4 Å². The number of hydrogen-bond donors (Lipinski definition) is 1. The summed E-state index contributed by atoms with van der Waals surface area (Å²) in [6.07, 6.45) is 1.98. The molecule has 0 radical (unpaired) electrons. The van der Waals surface area contributed by atoms with Gasteiger partial charge in [-0.05, 0) is 30.7 Å². The summed E-state index contributed by atoms with van der Waals surface area (Å²) in [6.45, 7) is 1.92. The number of hydrogen-bond acceptors (Lipinski definition) is 5. The maximum Gasteiger partial charge on any atom is 0.240 e. The van der Waals surface area contributed by atoms with Crippen molar-refractivity contribution in [1.82, 2.24) is 19.5 Å². The highest BCUT2D eigenvalue weighted by Gasteiger charge is 2.15. The molecule has 1 heterocycles. The molecule has 0 unspecified atom stereocenters. The Morgan fingerprint density at radius 1 is 1.43 bits per heavy atom. The van der Waals surface area contributed by atoms with Gasteiger partial charge in [-0.15, -0.1) is 0 Å². The largest absolute Gasteiger partial charge is 0.256 e. The van der Waals surface area contributed by atoms with Crippen LogP contribution < -0.4 is 4.72 Å². The standard InChI is InChI=1S/C13H15N5O2S/c1-10-7-12(4-3-11(10)8-14)21(19,20)16-6-5-13-15-9-18(2)17-13/h3-4,7,9,16H,5-6H2,1-2H3. The van der Waals surface area contributed by atoms with E-state index >= 15 is 0 Å². The number of aryl methyl sites for hydroxylation is 2. The molecule has 0 saturated carbocycles. The molecular formula is C13H15N5O2S. The van der Waals surface area contributed by atoms with Gasteiger partial charge in [0.2, 0.25) is 10.0 Å². The summed E-state index contributed by atoms with van der Waals surface area (Å²) in [5, 5.41) is 12.9. The number of benzene rings is 1. The second kappa shape index (κ2) is 6.03. The van der Waals surface area contributed by atoms with E-state index in [9.17, 15) is 8.42 Å². The van der Waals surface area contributed by atoms with Crippen molar-refractivity contribution >= 4 is 10.0 Å². The summed E-state index contributed by atoms with van der Waals surface area (Å²) in [4.78, 5) is 4.17. The molecule has 21 heavy (non-hydrogen) atoms. The molecule has 0 aliphatic carbocycles. The van der Waals surface area contributed by atoms with Crippen molar-refractivity contribution in [1.29, 1.82) is 5.26 Å². The number of rotatable bonds is 5. The topological polar surface area (TPSA) is 101 Å². The van der Waals surface area contributed by atoms with Gasteiger partial charge >= 0.3 is 0 Å². The zero-order chi connectivity index (χ0) is 15.5. The van der Waals surface area contributed by atoms with Gasteiger partial charge in [0.1, 0.15) is 6.33 Å². The van der Waals surface area contributed by atoms with Crippen LogP contribution in [0.5, 0.6) is 0 Å². The van der Waals surface area contributed by atoms with Crippen LogP contribution in [0.1, 0.15) is 17.0 Å². The molecule has 0 amide bonds. The van der Waals surface area contributed by atoms with E-state index in [-0.39, 0.29) is 11.4 Å². The Bertz CT molecular complexity index is 789. The summed E-state index contributed by atoms with van der Waals surface area (Å²) in [5.74, 6) is 0.580. The molecular weight excluding hydrogens is 290 g/mol. The summed E-state index contributed by atoms with van der Waals surface area (Å²) in [5.41, 5.74) is 1.10. The Hall–Kier alpha value is -2.24. The van der Waals surface area contributed by atoms with Crippen LogP contribution in [0.25, 0.3) is 0 Å². The third kappa shape index (κ3) is 3.65. The minimum atomic E-state index is -3.59. The third-order valence-electron chi connectivity index (χ3n) is 2.92. The number of aromatic nitrogens is 3. The average Bonchev–Trinajstić information content (AvgIpc) is 2.84. The Labute approximate surface area is 123 Å². The smallest absolute Gasteiger partial charge is 0.240 e. The highest BCUT2D eigenvalue weighted by Crippen LogP contribution is 2.14. The summed E-state index contributed by atoms with van der Waals surface area (Å²) >= 11 is 0. The molecule has 0 saturated heterocycles. The lowest BCUT2D eigenvalue weighted by atomic mass is 10.1.